The lowest BCUT2D eigenvalue weighted by atomic mass is 10.1. The molecule has 1 aliphatic rings. The van der Waals surface area contributed by atoms with E-state index in [4.69, 9.17) is 16.3 Å². The molecule has 0 aromatic heterocycles. The maximum Gasteiger partial charge on any atom is 0.310 e. The minimum atomic E-state index is -0.133. The number of allylic oxidation sites excluding steroid dienone is 2. The van der Waals surface area contributed by atoms with Gasteiger partial charge >= 0.3 is 5.97 Å². The molecule has 0 radical (unpaired) electrons. The Balaban J connectivity index is 1.89. The fourth-order valence-corrected chi connectivity index (χ4v) is 3.43. The monoisotopic (exact) mass is 460 g/mol. The highest BCUT2D eigenvalue weighted by Gasteiger charge is 2.61. The predicted molar refractivity (Wildman–Crippen MR) is 102 cm³/mol. The normalized spacial score (nSPS) is 22.0. The smallest absolute Gasteiger partial charge is 0.310 e. The van der Waals surface area contributed by atoms with Gasteiger partial charge in [0.1, 0.15) is 6.61 Å². The van der Waals surface area contributed by atoms with E-state index in [-0.39, 0.29) is 23.2 Å². The van der Waals surface area contributed by atoms with Crippen molar-refractivity contribution in [3.05, 3.63) is 56.5 Å². The lowest BCUT2D eigenvalue weighted by Gasteiger charge is -2.06. The van der Waals surface area contributed by atoms with Crippen molar-refractivity contribution >= 4 is 49.4 Å². The average Bonchev–Trinajstić information content (AvgIpc) is 3.03. The molecule has 0 saturated heterocycles. The first kappa shape index (κ1) is 18.8. The molecule has 2 atom stereocenters. The zero-order chi connectivity index (χ0) is 17.0. The predicted octanol–water partition coefficient (Wildman–Crippen LogP) is 5.93. The molecule has 23 heavy (non-hydrogen) atoms. The van der Waals surface area contributed by atoms with Gasteiger partial charge in [-0.15, -0.1) is 0 Å². The number of benzene rings is 1. The standard InChI is InChI=1S/C18H19Br2ClO2/c1-18(2)14(10-15(19)20)16(18)17(22)23-11-13-7-5-12(6-8-13)4-3-9-21/h3,5-10,14,16H,4,11H2,1-2H3/t14-,16-/m0/s1. The fourth-order valence-electron chi connectivity index (χ4n) is 2.77. The maximum absolute atomic E-state index is 12.3. The SMILES string of the molecule is CC1(C)[C@H](C(=O)OCc2ccc(CC=CCl)cc2)[C@@H]1C=C(Br)Br. The molecule has 124 valence electrons. The molecule has 1 saturated carbocycles. The molecule has 0 spiro atoms. The lowest BCUT2D eigenvalue weighted by Crippen LogP contribution is -2.10. The van der Waals surface area contributed by atoms with Gasteiger partial charge in [0, 0.05) is 5.54 Å². The maximum atomic E-state index is 12.3. The molecule has 5 heteroatoms. The van der Waals surface area contributed by atoms with Crippen LogP contribution in [0.3, 0.4) is 0 Å². The van der Waals surface area contributed by atoms with E-state index in [0.717, 1.165) is 15.4 Å². The molecule has 1 aromatic carbocycles. The summed E-state index contributed by atoms with van der Waals surface area (Å²) in [6.45, 7) is 4.48. The van der Waals surface area contributed by atoms with Crippen LogP contribution < -0.4 is 0 Å². The Morgan fingerprint density at radius 1 is 1.26 bits per heavy atom. The number of rotatable bonds is 6. The Hall–Kier alpha value is -0.580. The highest BCUT2D eigenvalue weighted by molar-refractivity contribution is 9.28. The Kier molecular flexibility index (Phi) is 6.52. The van der Waals surface area contributed by atoms with E-state index in [1.165, 1.54) is 11.1 Å². The van der Waals surface area contributed by atoms with Gasteiger partial charge in [0.05, 0.1) is 9.31 Å². The largest absolute Gasteiger partial charge is 0.461 e. The summed E-state index contributed by atoms with van der Waals surface area (Å²) in [6.07, 6.45) is 4.71. The molecular weight excluding hydrogens is 443 g/mol. The van der Waals surface area contributed by atoms with E-state index in [0.29, 0.717) is 6.61 Å². The van der Waals surface area contributed by atoms with Crippen molar-refractivity contribution < 1.29 is 9.53 Å². The molecule has 0 aliphatic heterocycles. The molecule has 1 fully saturated rings. The Morgan fingerprint density at radius 3 is 2.43 bits per heavy atom. The molecule has 0 unspecified atom stereocenters. The summed E-state index contributed by atoms with van der Waals surface area (Å²) in [7, 11) is 0. The zero-order valence-electron chi connectivity index (χ0n) is 13.1. The summed E-state index contributed by atoms with van der Waals surface area (Å²) in [4.78, 5) is 12.3. The van der Waals surface area contributed by atoms with E-state index >= 15 is 0 Å². The summed E-state index contributed by atoms with van der Waals surface area (Å²) < 4.78 is 6.36. The van der Waals surface area contributed by atoms with Gasteiger partial charge in [-0.3, -0.25) is 4.79 Å². The van der Waals surface area contributed by atoms with Gasteiger partial charge in [-0.25, -0.2) is 0 Å². The third-order valence-electron chi connectivity index (χ3n) is 4.32. The molecule has 0 bridgehead atoms. The molecule has 2 nitrogen and oxygen atoms in total. The van der Waals surface area contributed by atoms with Crippen molar-refractivity contribution in [2.45, 2.75) is 26.9 Å². The van der Waals surface area contributed by atoms with E-state index < -0.39 is 0 Å². The molecule has 0 heterocycles. The van der Waals surface area contributed by atoms with E-state index in [2.05, 4.69) is 45.7 Å². The number of esters is 1. The Morgan fingerprint density at radius 2 is 1.87 bits per heavy atom. The van der Waals surface area contributed by atoms with Crippen LogP contribution >= 0.6 is 43.5 Å². The van der Waals surface area contributed by atoms with Gasteiger partial charge in [-0.1, -0.05) is 61.9 Å². The number of ether oxygens (including phenoxy) is 1. The Bertz CT molecular complexity index is 616. The van der Waals surface area contributed by atoms with Gasteiger partial charge < -0.3 is 4.74 Å². The quantitative estimate of drug-likeness (QED) is 0.490. The number of halogens is 3. The van der Waals surface area contributed by atoms with Gasteiger partial charge in [-0.05, 0) is 60.7 Å². The van der Waals surface area contributed by atoms with E-state index in [1.807, 2.05) is 36.4 Å². The summed E-state index contributed by atoms with van der Waals surface area (Å²) in [5.41, 5.74) is 3.63. The highest BCUT2D eigenvalue weighted by Crippen LogP contribution is 2.60. The number of carbonyl (C=O) groups is 1. The van der Waals surface area contributed by atoms with Crippen LogP contribution in [-0.2, 0) is 22.6 Å². The van der Waals surface area contributed by atoms with Crippen LogP contribution in [-0.4, -0.2) is 5.97 Å². The van der Waals surface area contributed by atoms with Crippen LogP contribution in [0.25, 0.3) is 0 Å². The molecule has 0 N–H and O–H groups in total. The highest BCUT2D eigenvalue weighted by atomic mass is 79.9. The van der Waals surface area contributed by atoms with Gasteiger partial charge in [-0.2, -0.15) is 0 Å². The molecule has 2 rings (SSSR count). The number of carbonyl (C=O) groups excluding carboxylic acids is 1. The zero-order valence-corrected chi connectivity index (χ0v) is 17.0. The average molecular weight is 463 g/mol. The first-order chi connectivity index (χ1) is 10.9. The first-order valence-electron chi connectivity index (χ1n) is 7.38. The van der Waals surface area contributed by atoms with Crippen LogP contribution in [0.5, 0.6) is 0 Å². The number of hydrogen-bond donors (Lipinski definition) is 0. The van der Waals surface area contributed by atoms with Crippen LogP contribution in [0.15, 0.2) is 45.3 Å². The summed E-state index contributed by atoms with van der Waals surface area (Å²) in [5.74, 6) is -0.0131. The van der Waals surface area contributed by atoms with Crippen molar-refractivity contribution in [3.8, 4) is 0 Å². The van der Waals surface area contributed by atoms with Crippen molar-refractivity contribution in [3.63, 3.8) is 0 Å². The second-order valence-corrected chi connectivity index (χ2v) is 9.30. The van der Waals surface area contributed by atoms with Crippen LogP contribution in [0.4, 0.5) is 0 Å². The second-order valence-electron chi connectivity index (χ2n) is 6.27. The van der Waals surface area contributed by atoms with Crippen LogP contribution in [0, 0.1) is 17.3 Å². The minimum Gasteiger partial charge on any atom is -0.461 e. The molecule has 1 aliphatic carbocycles. The van der Waals surface area contributed by atoms with Crippen LogP contribution in [0.2, 0.25) is 0 Å². The molecular formula is C18H19Br2ClO2. The van der Waals surface area contributed by atoms with Crippen LogP contribution in [0.1, 0.15) is 25.0 Å². The van der Waals surface area contributed by atoms with Gasteiger partial charge in [0.2, 0.25) is 0 Å². The van der Waals surface area contributed by atoms with E-state index in [1.54, 1.807) is 0 Å². The van der Waals surface area contributed by atoms with Gasteiger partial charge in [0.25, 0.3) is 0 Å². The summed E-state index contributed by atoms with van der Waals surface area (Å²) in [6, 6.07) is 8.01. The van der Waals surface area contributed by atoms with Crippen molar-refractivity contribution in [2.75, 3.05) is 0 Å². The van der Waals surface area contributed by atoms with Crippen molar-refractivity contribution in [1.82, 2.24) is 0 Å². The Labute approximate surface area is 159 Å². The number of hydrogen-bond acceptors (Lipinski definition) is 2. The summed E-state index contributed by atoms with van der Waals surface area (Å²) in [5, 5.41) is 0. The second kappa shape index (κ2) is 8.00. The topological polar surface area (TPSA) is 26.3 Å². The van der Waals surface area contributed by atoms with Gasteiger partial charge in [0.15, 0.2) is 0 Å². The van der Waals surface area contributed by atoms with E-state index in [9.17, 15) is 4.79 Å². The third-order valence-corrected chi connectivity index (χ3v) is 5.02. The minimum absolute atomic E-state index is 0.0539. The summed E-state index contributed by atoms with van der Waals surface area (Å²) >= 11 is 12.2. The fraction of sp³-hybridized carbons (Fsp3) is 0.389. The van der Waals surface area contributed by atoms with Crippen molar-refractivity contribution in [1.29, 1.82) is 0 Å². The molecule has 1 aromatic rings. The van der Waals surface area contributed by atoms with Crippen molar-refractivity contribution in [2.24, 2.45) is 17.3 Å². The molecule has 0 amide bonds. The third kappa shape index (κ3) is 4.94. The lowest BCUT2D eigenvalue weighted by molar-refractivity contribution is -0.147. The first-order valence-corrected chi connectivity index (χ1v) is 9.41.